The number of rotatable bonds is 1. The van der Waals surface area contributed by atoms with Crippen LogP contribution < -0.4 is 0 Å². The predicted molar refractivity (Wildman–Crippen MR) is 132 cm³/mol. The van der Waals surface area contributed by atoms with E-state index in [9.17, 15) is 19.6 Å². The van der Waals surface area contributed by atoms with Crippen LogP contribution in [0.15, 0.2) is 23.3 Å². The highest BCUT2D eigenvalue weighted by atomic mass is 16.6. The number of esters is 1. The van der Waals surface area contributed by atoms with E-state index in [0.29, 0.717) is 0 Å². The molecular weight excluding hydrogens is 438 g/mol. The van der Waals surface area contributed by atoms with Crippen LogP contribution in [0.5, 0.6) is 0 Å². The van der Waals surface area contributed by atoms with Gasteiger partial charge in [0, 0.05) is 30.6 Å². The number of ketones is 2. The molecule has 0 aromatic heterocycles. The smallest absolute Gasteiger partial charge is 0.303 e. The number of hydrogen-bond donors (Lipinski definition) is 0. The lowest BCUT2D eigenvalue weighted by Gasteiger charge is -2.66. The van der Waals surface area contributed by atoms with Crippen molar-refractivity contribution in [3.8, 4) is 6.07 Å². The SMILES string of the molecule is CC(=O)O[C@]12CCC(C)(C)CC1C1C(=O)C=C3C4C=C(C#N)C(=O)[C@@H](C)[C@@H]4CC[C@@]3(C)[C@]1(C)CC2. The molecule has 3 saturated carbocycles. The fourth-order valence-electron chi connectivity index (χ4n) is 9.08. The Balaban J connectivity index is 1.64. The molecule has 0 spiro atoms. The van der Waals surface area contributed by atoms with Crippen molar-refractivity contribution in [2.45, 2.75) is 92.1 Å². The van der Waals surface area contributed by atoms with Gasteiger partial charge in [-0.1, -0.05) is 46.3 Å². The quantitative estimate of drug-likeness (QED) is 0.450. The first-order valence-corrected chi connectivity index (χ1v) is 13.4. The fraction of sp³-hybridized carbons (Fsp3) is 0.733. The van der Waals surface area contributed by atoms with Gasteiger partial charge in [0.25, 0.3) is 0 Å². The molecule has 8 atom stereocenters. The molecule has 0 N–H and O–H groups in total. The summed E-state index contributed by atoms with van der Waals surface area (Å²) in [6, 6.07) is 2.12. The van der Waals surface area contributed by atoms with Crippen LogP contribution in [0.3, 0.4) is 0 Å². The number of ether oxygens (including phenoxy) is 1. The van der Waals surface area contributed by atoms with Crippen molar-refractivity contribution in [1.29, 1.82) is 5.26 Å². The normalized spacial score (nSPS) is 46.0. The number of nitriles is 1. The zero-order chi connectivity index (χ0) is 25.6. The topological polar surface area (TPSA) is 84.2 Å². The Kier molecular flexibility index (Phi) is 5.34. The second-order valence-electron chi connectivity index (χ2n) is 13.4. The second-order valence-corrected chi connectivity index (χ2v) is 13.4. The number of nitrogens with zero attached hydrogens (tertiary/aromatic N) is 1. The monoisotopic (exact) mass is 477 g/mol. The molecule has 0 bridgehead atoms. The molecular formula is C30H39NO4. The van der Waals surface area contributed by atoms with Crippen LogP contribution in [0.4, 0.5) is 0 Å². The summed E-state index contributed by atoms with van der Waals surface area (Å²) in [7, 11) is 0. The highest BCUT2D eigenvalue weighted by Crippen LogP contribution is 2.70. The van der Waals surface area contributed by atoms with E-state index < -0.39 is 5.60 Å². The molecule has 5 rings (SSSR count). The minimum atomic E-state index is -0.556. The van der Waals surface area contributed by atoms with Crippen LogP contribution in [-0.4, -0.2) is 23.1 Å². The maximum Gasteiger partial charge on any atom is 0.303 e. The standard InChI is InChI=1S/C30H39NO4/c1-17-20-7-8-28(5)22(21(20)13-19(16-31)26(17)34)14-24(33)25-23-15-27(3,4)9-11-30(23,35-18(2)32)12-10-29(25,28)6/h13-14,17,20-21,23,25H,7-12,15H2,1-6H3/t17-,20-,21?,23?,25?,28+,29+,30-/m0/s1. The number of Topliss-reactive ketones (excluding diaryl/α,β-unsaturated/α-hetero) is 1. The Morgan fingerprint density at radius 2 is 1.77 bits per heavy atom. The highest BCUT2D eigenvalue weighted by Gasteiger charge is 2.68. The zero-order valence-corrected chi connectivity index (χ0v) is 22.1. The van der Waals surface area contributed by atoms with E-state index in [1.807, 2.05) is 19.1 Å². The Bertz CT molecular complexity index is 1110. The third-order valence-electron chi connectivity index (χ3n) is 11.3. The van der Waals surface area contributed by atoms with Gasteiger partial charge in [0.1, 0.15) is 11.7 Å². The lowest BCUT2D eigenvalue weighted by atomic mass is 9.38. The van der Waals surface area contributed by atoms with E-state index in [0.717, 1.165) is 50.5 Å². The van der Waals surface area contributed by atoms with E-state index >= 15 is 0 Å². The van der Waals surface area contributed by atoms with Gasteiger partial charge in [0.15, 0.2) is 11.6 Å². The van der Waals surface area contributed by atoms with Crippen molar-refractivity contribution in [3.05, 3.63) is 23.3 Å². The second kappa shape index (κ2) is 7.64. The molecule has 35 heavy (non-hydrogen) atoms. The van der Waals surface area contributed by atoms with Crippen molar-refractivity contribution in [3.63, 3.8) is 0 Å². The van der Waals surface area contributed by atoms with Crippen LogP contribution in [0.1, 0.15) is 86.5 Å². The average molecular weight is 478 g/mol. The van der Waals surface area contributed by atoms with E-state index in [1.54, 1.807) is 0 Å². The summed E-state index contributed by atoms with van der Waals surface area (Å²) >= 11 is 0. The lowest BCUT2D eigenvalue weighted by molar-refractivity contribution is -0.213. The van der Waals surface area contributed by atoms with Gasteiger partial charge in [-0.15, -0.1) is 0 Å². The van der Waals surface area contributed by atoms with Gasteiger partial charge < -0.3 is 4.74 Å². The molecule has 0 heterocycles. The van der Waals surface area contributed by atoms with Crippen LogP contribution in [0, 0.1) is 57.2 Å². The van der Waals surface area contributed by atoms with Gasteiger partial charge >= 0.3 is 5.97 Å². The molecule has 188 valence electrons. The van der Waals surface area contributed by atoms with E-state index in [2.05, 4.69) is 33.8 Å². The number of allylic oxidation sites excluding steroid dienone is 4. The Hall–Kier alpha value is -2.22. The summed E-state index contributed by atoms with van der Waals surface area (Å²) < 4.78 is 6.13. The van der Waals surface area contributed by atoms with Crippen molar-refractivity contribution in [2.75, 3.05) is 0 Å². The maximum absolute atomic E-state index is 14.1. The first-order valence-electron chi connectivity index (χ1n) is 13.4. The first kappa shape index (κ1) is 24.5. The van der Waals surface area contributed by atoms with Gasteiger partial charge in [0.05, 0.1) is 5.57 Å². The number of fused-ring (bicyclic) bond motifs is 7. The van der Waals surface area contributed by atoms with Gasteiger partial charge in [-0.3, -0.25) is 14.4 Å². The van der Waals surface area contributed by atoms with Gasteiger partial charge in [0.2, 0.25) is 0 Å². The van der Waals surface area contributed by atoms with E-state index in [4.69, 9.17) is 4.74 Å². The minimum absolute atomic E-state index is 0.00539. The lowest BCUT2D eigenvalue weighted by Crippen LogP contribution is -2.65. The van der Waals surface area contributed by atoms with Crippen molar-refractivity contribution >= 4 is 17.5 Å². The molecule has 5 aliphatic rings. The molecule has 0 amide bonds. The number of carbonyl (C=O) groups is 3. The molecule has 5 aliphatic carbocycles. The molecule has 5 heteroatoms. The maximum atomic E-state index is 14.1. The summed E-state index contributed by atoms with van der Waals surface area (Å²) in [6.45, 7) is 12.6. The first-order chi connectivity index (χ1) is 16.3. The van der Waals surface area contributed by atoms with Gasteiger partial charge in [-0.05, 0) is 73.2 Å². The highest BCUT2D eigenvalue weighted by molar-refractivity contribution is 6.02. The van der Waals surface area contributed by atoms with Gasteiger partial charge in [-0.25, -0.2) is 0 Å². The van der Waals surface area contributed by atoms with Crippen molar-refractivity contribution in [2.24, 2.45) is 45.8 Å². The van der Waals surface area contributed by atoms with Crippen LogP contribution in [0.2, 0.25) is 0 Å². The van der Waals surface area contributed by atoms with E-state index in [1.165, 1.54) is 6.92 Å². The zero-order valence-electron chi connectivity index (χ0n) is 22.1. The Morgan fingerprint density at radius 3 is 2.43 bits per heavy atom. The van der Waals surface area contributed by atoms with Crippen LogP contribution in [-0.2, 0) is 19.1 Å². The van der Waals surface area contributed by atoms with Crippen LogP contribution in [0.25, 0.3) is 0 Å². The van der Waals surface area contributed by atoms with Crippen molar-refractivity contribution in [1.82, 2.24) is 0 Å². The molecule has 3 fully saturated rings. The Morgan fingerprint density at radius 1 is 1.09 bits per heavy atom. The van der Waals surface area contributed by atoms with Crippen LogP contribution >= 0.6 is 0 Å². The molecule has 5 nitrogen and oxygen atoms in total. The van der Waals surface area contributed by atoms with Crippen molar-refractivity contribution < 1.29 is 19.1 Å². The average Bonchev–Trinajstić information content (AvgIpc) is 2.77. The fourth-order valence-corrected chi connectivity index (χ4v) is 9.08. The summed E-state index contributed by atoms with van der Waals surface area (Å²) in [5.41, 5.74) is 0.452. The summed E-state index contributed by atoms with van der Waals surface area (Å²) in [5, 5.41) is 9.63. The Labute approximate surface area is 209 Å². The molecule has 0 aliphatic heterocycles. The predicted octanol–water partition coefficient (Wildman–Crippen LogP) is 5.74. The molecule has 0 aromatic carbocycles. The summed E-state index contributed by atoms with van der Waals surface area (Å²) in [5.74, 6) is -0.445. The molecule has 0 saturated heterocycles. The number of carbonyl (C=O) groups excluding carboxylic acids is 3. The molecule has 0 aromatic rings. The van der Waals surface area contributed by atoms with E-state index in [-0.39, 0.29) is 68.9 Å². The minimum Gasteiger partial charge on any atom is -0.459 e. The van der Waals surface area contributed by atoms with Gasteiger partial charge in [-0.2, -0.15) is 5.26 Å². The summed E-state index contributed by atoms with van der Waals surface area (Å²) in [4.78, 5) is 39.1. The summed E-state index contributed by atoms with van der Waals surface area (Å²) in [6.07, 6.45) is 9.92. The third kappa shape index (κ3) is 3.27. The molecule has 3 unspecified atom stereocenters. The third-order valence-corrected chi connectivity index (χ3v) is 11.3. The largest absolute Gasteiger partial charge is 0.459 e. The number of hydrogen-bond acceptors (Lipinski definition) is 5. The molecule has 0 radical (unpaired) electrons.